The third-order valence-electron chi connectivity index (χ3n) is 5.43. The molecule has 148 valence electrons. The Labute approximate surface area is 166 Å². The van der Waals surface area contributed by atoms with Crippen molar-refractivity contribution in [3.8, 4) is 11.3 Å². The van der Waals surface area contributed by atoms with Gasteiger partial charge in [0.05, 0.1) is 24.3 Å². The molecule has 2 aliphatic heterocycles. The van der Waals surface area contributed by atoms with E-state index in [1.807, 2.05) is 19.1 Å². The molecule has 2 aromatic heterocycles. The normalized spacial score (nSPS) is 17.5. The molecule has 4 heterocycles. The number of rotatable bonds is 4. The van der Waals surface area contributed by atoms with E-state index in [1.165, 1.54) is 12.1 Å². The van der Waals surface area contributed by atoms with Crippen molar-refractivity contribution >= 4 is 18.1 Å². The van der Waals surface area contributed by atoms with Gasteiger partial charge < -0.3 is 14.2 Å². The number of ether oxygens (including phenoxy) is 1. The van der Waals surface area contributed by atoms with E-state index in [0.717, 1.165) is 37.4 Å². The van der Waals surface area contributed by atoms with Crippen LogP contribution in [0.1, 0.15) is 27.5 Å². The van der Waals surface area contributed by atoms with Gasteiger partial charge in [0.15, 0.2) is 5.69 Å². The number of hydrogen-bond donors (Lipinski definition) is 1. The van der Waals surface area contributed by atoms with Crippen molar-refractivity contribution in [3.63, 3.8) is 0 Å². The Bertz CT molecular complexity index is 1090. The topological polar surface area (TPSA) is 84.2 Å². The second-order valence-corrected chi connectivity index (χ2v) is 7.70. The maximum absolute atomic E-state index is 13.2. The maximum Gasteiger partial charge on any atom is 0.274 e. The molecule has 0 aliphatic carbocycles. The van der Waals surface area contributed by atoms with Crippen molar-refractivity contribution < 1.29 is 18.4 Å². The summed E-state index contributed by atoms with van der Waals surface area (Å²) in [7, 11) is 0. The summed E-state index contributed by atoms with van der Waals surface area (Å²) in [5.41, 5.74) is 3.44. The standard InChI is InChI=1S/C21H19FN4O3/c1-13-17(19(25-29-13)14-2-4-15(22)5-3-14)7-6-16-8-18(24-23-16)20(27)26-9-21(10-26)11-28-12-21/h2-8H,9-12H2,1H3,(H,23,24). The molecule has 8 heteroatoms. The van der Waals surface area contributed by atoms with Crippen LogP contribution >= 0.6 is 0 Å². The highest BCUT2D eigenvalue weighted by molar-refractivity contribution is 5.93. The van der Waals surface area contributed by atoms with Gasteiger partial charge in [-0.2, -0.15) is 5.10 Å². The fourth-order valence-electron chi connectivity index (χ4n) is 3.74. The predicted molar refractivity (Wildman–Crippen MR) is 103 cm³/mol. The molecular weight excluding hydrogens is 375 g/mol. The number of aromatic amines is 1. The molecule has 5 rings (SSSR count). The zero-order valence-corrected chi connectivity index (χ0v) is 15.8. The first-order chi connectivity index (χ1) is 14.0. The van der Waals surface area contributed by atoms with E-state index in [1.54, 1.807) is 23.1 Å². The van der Waals surface area contributed by atoms with Crippen molar-refractivity contribution in [3.05, 3.63) is 58.9 Å². The molecule has 0 unspecified atom stereocenters. The highest BCUT2D eigenvalue weighted by Gasteiger charge is 2.51. The minimum atomic E-state index is -0.307. The first-order valence-electron chi connectivity index (χ1n) is 9.36. The molecule has 0 atom stereocenters. The number of H-pyrrole nitrogens is 1. The minimum absolute atomic E-state index is 0.0772. The molecule has 0 radical (unpaired) electrons. The van der Waals surface area contributed by atoms with E-state index in [4.69, 9.17) is 9.26 Å². The van der Waals surface area contributed by atoms with E-state index < -0.39 is 0 Å². The molecule has 7 nitrogen and oxygen atoms in total. The van der Waals surface area contributed by atoms with Crippen LogP contribution in [0, 0.1) is 18.2 Å². The fourth-order valence-corrected chi connectivity index (χ4v) is 3.74. The molecule has 1 N–H and O–H groups in total. The van der Waals surface area contributed by atoms with E-state index in [0.29, 0.717) is 22.8 Å². The van der Waals surface area contributed by atoms with Crippen LogP contribution in [0.25, 0.3) is 23.4 Å². The minimum Gasteiger partial charge on any atom is -0.380 e. The zero-order chi connectivity index (χ0) is 20.0. The Kier molecular flexibility index (Phi) is 4.09. The highest BCUT2D eigenvalue weighted by Crippen LogP contribution is 2.38. The van der Waals surface area contributed by atoms with E-state index >= 15 is 0 Å². The molecule has 0 saturated carbocycles. The van der Waals surface area contributed by atoms with Gasteiger partial charge in [0.25, 0.3) is 5.91 Å². The molecule has 2 saturated heterocycles. The van der Waals surface area contributed by atoms with Gasteiger partial charge in [-0.1, -0.05) is 5.16 Å². The van der Waals surface area contributed by atoms with Crippen LogP contribution in [-0.4, -0.2) is 52.5 Å². The number of benzene rings is 1. The van der Waals surface area contributed by atoms with Gasteiger partial charge in [-0.05, 0) is 49.4 Å². The Balaban J connectivity index is 1.32. The van der Waals surface area contributed by atoms with Gasteiger partial charge in [-0.15, -0.1) is 0 Å². The summed E-state index contributed by atoms with van der Waals surface area (Å²) in [6.45, 7) is 4.74. The first kappa shape index (κ1) is 17.8. The van der Waals surface area contributed by atoms with Crippen LogP contribution in [0.5, 0.6) is 0 Å². The van der Waals surface area contributed by atoms with Gasteiger partial charge in [-0.3, -0.25) is 9.89 Å². The number of halogens is 1. The van der Waals surface area contributed by atoms with Crippen LogP contribution in [0.15, 0.2) is 34.9 Å². The zero-order valence-electron chi connectivity index (χ0n) is 15.8. The van der Waals surface area contributed by atoms with Crippen molar-refractivity contribution in [2.24, 2.45) is 5.41 Å². The third-order valence-corrected chi connectivity index (χ3v) is 5.43. The second-order valence-electron chi connectivity index (χ2n) is 7.70. The quantitative estimate of drug-likeness (QED) is 0.735. The fraction of sp³-hybridized carbons (Fsp3) is 0.286. The summed E-state index contributed by atoms with van der Waals surface area (Å²) in [5.74, 6) is 0.259. The van der Waals surface area contributed by atoms with Crippen LogP contribution in [0.4, 0.5) is 4.39 Å². The third kappa shape index (κ3) is 3.15. The lowest BCUT2D eigenvalue weighted by Crippen LogP contribution is -2.67. The lowest BCUT2D eigenvalue weighted by molar-refractivity contribution is -0.176. The number of carbonyl (C=O) groups excluding carboxylic acids is 1. The maximum atomic E-state index is 13.2. The summed E-state index contributed by atoms with van der Waals surface area (Å²) in [5, 5.41) is 11.1. The predicted octanol–water partition coefficient (Wildman–Crippen LogP) is 3.16. The summed E-state index contributed by atoms with van der Waals surface area (Å²) in [6, 6.07) is 7.81. The molecule has 1 aromatic carbocycles. The molecule has 2 fully saturated rings. The Morgan fingerprint density at radius 1 is 1.24 bits per heavy atom. The average molecular weight is 394 g/mol. The lowest BCUT2D eigenvalue weighted by Gasteiger charge is -2.54. The number of nitrogens with zero attached hydrogens (tertiary/aromatic N) is 3. The summed E-state index contributed by atoms with van der Waals surface area (Å²) < 4.78 is 23.7. The van der Waals surface area contributed by atoms with Crippen molar-refractivity contribution in [2.75, 3.05) is 26.3 Å². The number of nitrogens with one attached hydrogen (secondary N) is 1. The molecule has 1 spiro atoms. The molecule has 3 aromatic rings. The lowest BCUT2D eigenvalue weighted by atomic mass is 9.78. The highest BCUT2D eigenvalue weighted by atomic mass is 19.1. The van der Waals surface area contributed by atoms with E-state index in [-0.39, 0.29) is 17.1 Å². The number of aryl methyl sites for hydroxylation is 1. The summed E-state index contributed by atoms with van der Waals surface area (Å²) in [4.78, 5) is 14.3. The largest absolute Gasteiger partial charge is 0.380 e. The van der Waals surface area contributed by atoms with Gasteiger partial charge >= 0.3 is 0 Å². The molecule has 29 heavy (non-hydrogen) atoms. The van der Waals surface area contributed by atoms with Gasteiger partial charge in [0.2, 0.25) is 0 Å². The summed E-state index contributed by atoms with van der Waals surface area (Å²) in [6.07, 6.45) is 3.66. The van der Waals surface area contributed by atoms with Crippen molar-refractivity contribution in [1.29, 1.82) is 0 Å². The Morgan fingerprint density at radius 3 is 2.69 bits per heavy atom. The second kappa shape index (κ2) is 6.66. The average Bonchev–Trinajstić information content (AvgIpc) is 3.25. The van der Waals surface area contributed by atoms with Gasteiger partial charge in [-0.25, -0.2) is 4.39 Å². The first-order valence-corrected chi connectivity index (χ1v) is 9.36. The van der Waals surface area contributed by atoms with E-state index in [9.17, 15) is 9.18 Å². The van der Waals surface area contributed by atoms with Crippen LogP contribution < -0.4 is 0 Å². The SMILES string of the molecule is Cc1onc(-c2ccc(F)cc2)c1C=Cc1cc(C(=O)N2CC3(COC3)C2)n[nH]1. The number of aromatic nitrogens is 3. The van der Waals surface area contributed by atoms with Crippen molar-refractivity contribution in [1.82, 2.24) is 20.3 Å². The monoisotopic (exact) mass is 394 g/mol. The van der Waals surface area contributed by atoms with E-state index in [2.05, 4.69) is 15.4 Å². The Hall–Kier alpha value is -3.26. The number of amides is 1. The molecular formula is C21H19FN4O3. The number of carbonyl (C=O) groups is 1. The Morgan fingerprint density at radius 2 is 2.00 bits per heavy atom. The van der Waals surface area contributed by atoms with Crippen LogP contribution in [-0.2, 0) is 4.74 Å². The number of hydrogen-bond acceptors (Lipinski definition) is 5. The molecule has 0 bridgehead atoms. The van der Waals surface area contributed by atoms with Gasteiger partial charge in [0, 0.05) is 24.2 Å². The van der Waals surface area contributed by atoms with Crippen molar-refractivity contribution in [2.45, 2.75) is 6.92 Å². The molecule has 2 aliphatic rings. The summed E-state index contributed by atoms with van der Waals surface area (Å²) >= 11 is 0. The van der Waals surface area contributed by atoms with Crippen LogP contribution in [0.3, 0.4) is 0 Å². The smallest absolute Gasteiger partial charge is 0.274 e. The van der Waals surface area contributed by atoms with Gasteiger partial charge in [0.1, 0.15) is 17.3 Å². The molecule has 1 amide bonds. The van der Waals surface area contributed by atoms with Crippen LogP contribution in [0.2, 0.25) is 0 Å². The number of likely N-dealkylation sites (tertiary alicyclic amines) is 1.